The Bertz CT molecular complexity index is 657. The minimum atomic E-state index is 0.217. The first-order chi connectivity index (χ1) is 10.2. The van der Waals surface area contributed by atoms with E-state index < -0.39 is 0 Å². The third-order valence-electron chi connectivity index (χ3n) is 3.57. The molecule has 2 aromatic rings. The number of hydrogen-bond donors (Lipinski definition) is 1. The Morgan fingerprint density at radius 1 is 1.29 bits per heavy atom. The maximum atomic E-state index is 5.99. The summed E-state index contributed by atoms with van der Waals surface area (Å²) in [5, 5.41) is 0. The lowest BCUT2D eigenvalue weighted by Crippen LogP contribution is -2.15. The minimum Gasteiger partial charge on any atom is -0.496 e. The molecule has 0 amide bonds. The van der Waals surface area contributed by atoms with E-state index >= 15 is 0 Å². The van der Waals surface area contributed by atoms with Crippen molar-refractivity contribution in [3.63, 3.8) is 0 Å². The van der Waals surface area contributed by atoms with Crippen LogP contribution in [0.5, 0.6) is 11.5 Å². The predicted octanol–water partition coefficient (Wildman–Crippen LogP) is 3.68. The summed E-state index contributed by atoms with van der Waals surface area (Å²) >= 11 is 1.75. The minimum absolute atomic E-state index is 0.217. The second-order valence-electron chi connectivity index (χ2n) is 5.28. The fourth-order valence-corrected chi connectivity index (χ4v) is 3.53. The zero-order chi connectivity index (χ0) is 14.8. The molecule has 3 nitrogen and oxygen atoms in total. The van der Waals surface area contributed by atoms with Crippen LogP contribution in [0, 0.1) is 6.92 Å². The number of nitrogen functional groups attached to an aromatic ring is 1. The summed E-state index contributed by atoms with van der Waals surface area (Å²) in [4.78, 5) is 1.10. The van der Waals surface area contributed by atoms with Crippen LogP contribution in [0.2, 0.25) is 0 Å². The first-order valence-electron chi connectivity index (χ1n) is 6.98. The highest BCUT2D eigenvalue weighted by Crippen LogP contribution is 2.35. The Morgan fingerprint density at radius 2 is 2.14 bits per heavy atom. The lowest BCUT2D eigenvalue weighted by molar-refractivity contribution is 0.259. The van der Waals surface area contributed by atoms with Crippen molar-refractivity contribution in [2.24, 2.45) is 0 Å². The molecule has 2 N–H and O–H groups in total. The summed E-state index contributed by atoms with van der Waals surface area (Å²) in [6, 6.07) is 12.1. The molecule has 1 aliphatic heterocycles. The number of aryl methyl sites for hydroxylation is 1. The average Bonchev–Trinajstić information content (AvgIpc) is 2.87. The fourth-order valence-electron chi connectivity index (χ4n) is 2.53. The van der Waals surface area contributed by atoms with Gasteiger partial charge in [0, 0.05) is 28.8 Å². The van der Waals surface area contributed by atoms with Crippen LogP contribution in [-0.2, 0) is 6.42 Å². The molecule has 3 rings (SSSR count). The number of nitrogens with two attached hydrogens (primary N) is 1. The van der Waals surface area contributed by atoms with Gasteiger partial charge in [-0.3, -0.25) is 0 Å². The van der Waals surface area contributed by atoms with Crippen molar-refractivity contribution < 1.29 is 9.47 Å². The van der Waals surface area contributed by atoms with E-state index in [0.29, 0.717) is 0 Å². The molecular formula is C17H19NO2S. The molecule has 0 spiro atoms. The van der Waals surface area contributed by atoms with Gasteiger partial charge < -0.3 is 15.2 Å². The van der Waals surface area contributed by atoms with Gasteiger partial charge in [-0.1, -0.05) is 17.7 Å². The number of anilines is 1. The lowest BCUT2D eigenvalue weighted by Gasteiger charge is -2.12. The number of ether oxygens (including phenoxy) is 2. The average molecular weight is 301 g/mol. The van der Waals surface area contributed by atoms with Gasteiger partial charge in [-0.05, 0) is 30.7 Å². The van der Waals surface area contributed by atoms with E-state index in [1.54, 1.807) is 18.9 Å². The summed E-state index contributed by atoms with van der Waals surface area (Å²) in [7, 11) is 1.67. The standard InChI is InChI=1S/C17H19NO2S/c1-11-3-5-15-12(7-11)8-14(20-15)10-21-17-6-4-13(18)9-16(17)19-2/h3-7,9,14H,8,10,18H2,1-2H3. The third-order valence-corrected chi connectivity index (χ3v) is 4.76. The number of fused-ring (bicyclic) bond motifs is 1. The van der Waals surface area contributed by atoms with Gasteiger partial charge in [-0.15, -0.1) is 11.8 Å². The molecule has 0 bridgehead atoms. The van der Waals surface area contributed by atoms with Gasteiger partial charge in [-0.2, -0.15) is 0 Å². The number of methoxy groups -OCH3 is 1. The van der Waals surface area contributed by atoms with Gasteiger partial charge in [0.25, 0.3) is 0 Å². The Hall–Kier alpha value is -1.81. The summed E-state index contributed by atoms with van der Waals surface area (Å²) in [5.41, 5.74) is 9.09. The smallest absolute Gasteiger partial charge is 0.134 e. The maximum Gasteiger partial charge on any atom is 0.134 e. The van der Waals surface area contributed by atoms with Crippen LogP contribution in [0.1, 0.15) is 11.1 Å². The van der Waals surface area contributed by atoms with Crippen molar-refractivity contribution in [3.8, 4) is 11.5 Å². The molecule has 1 atom stereocenters. The third kappa shape index (κ3) is 3.10. The van der Waals surface area contributed by atoms with Crippen molar-refractivity contribution in [3.05, 3.63) is 47.5 Å². The van der Waals surface area contributed by atoms with E-state index in [1.807, 2.05) is 18.2 Å². The van der Waals surface area contributed by atoms with Crippen LogP contribution in [0.15, 0.2) is 41.3 Å². The largest absolute Gasteiger partial charge is 0.496 e. The highest BCUT2D eigenvalue weighted by atomic mass is 32.2. The number of thioether (sulfide) groups is 1. The first kappa shape index (κ1) is 14.1. The van der Waals surface area contributed by atoms with Crippen molar-refractivity contribution in [1.29, 1.82) is 0 Å². The maximum absolute atomic E-state index is 5.99. The predicted molar refractivity (Wildman–Crippen MR) is 87.4 cm³/mol. The molecule has 0 fully saturated rings. The van der Waals surface area contributed by atoms with E-state index in [0.717, 1.165) is 34.3 Å². The summed E-state index contributed by atoms with van der Waals surface area (Å²) in [6.45, 7) is 2.11. The van der Waals surface area contributed by atoms with Crippen LogP contribution >= 0.6 is 11.8 Å². The van der Waals surface area contributed by atoms with Crippen molar-refractivity contribution in [1.82, 2.24) is 0 Å². The molecule has 2 aromatic carbocycles. The molecule has 0 saturated carbocycles. The van der Waals surface area contributed by atoms with E-state index in [4.69, 9.17) is 15.2 Å². The monoisotopic (exact) mass is 301 g/mol. The normalized spacial score (nSPS) is 16.4. The quantitative estimate of drug-likeness (QED) is 0.691. The zero-order valence-electron chi connectivity index (χ0n) is 12.3. The zero-order valence-corrected chi connectivity index (χ0v) is 13.1. The first-order valence-corrected chi connectivity index (χ1v) is 7.97. The molecule has 1 unspecified atom stereocenters. The van der Waals surface area contributed by atoms with E-state index in [-0.39, 0.29) is 6.10 Å². The van der Waals surface area contributed by atoms with Crippen molar-refractivity contribution in [2.45, 2.75) is 24.3 Å². The SMILES string of the molecule is COc1cc(N)ccc1SCC1Cc2cc(C)ccc2O1. The van der Waals surface area contributed by atoms with E-state index in [1.165, 1.54) is 11.1 Å². The van der Waals surface area contributed by atoms with Gasteiger partial charge >= 0.3 is 0 Å². The van der Waals surface area contributed by atoms with E-state index in [2.05, 4.69) is 25.1 Å². The van der Waals surface area contributed by atoms with Gasteiger partial charge in [-0.25, -0.2) is 0 Å². The summed E-state index contributed by atoms with van der Waals surface area (Å²) < 4.78 is 11.4. The van der Waals surface area contributed by atoms with Crippen LogP contribution < -0.4 is 15.2 Å². The van der Waals surface area contributed by atoms with Gasteiger partial charge in [0.2, 0.25) is 0 Å². The molecule has 1 aliphatic rings. The topological polar surface area (TPSA) is 44.5 Å². The fraction of sp³-hybridized carbons (Fsp3) is 0.294. The number of benzene rings is 2. The van der Waals surface area contributed by atoms with Crippen molar-refractivity contribution >= 4 is 17.4 Å². The Kier molecular flexibility index (Phi) is 3.97. The van der Waals surface area contributed by atoms with Crippen LogP contribution in [0.4, 0.5) is 5.69 Å². The summed E-state index contributed by atoms with van der Waals surface area (Å²) in [5.74, 6) is 2.75. The second kappa shape index (κ2) is 5.90. The van der Waals surface area contributed by atoms with Crippen LogP contribution in [-0.4, -0.2) is 19.0 Å². The molecular weight excluding hydrogens is 282 g/mol. The van der Waals surface area contributed by atoms with Crippen LogP contribution in [0.25, 0.3) is 0 Å². The van der Waals surface area contributed by atoms with Gasteiger partial charge in [0.1, 0.15) is 17.6 Å². The number of rotatable bonds is 4. The summed E-state index contributed by atoms with van der Waals surface area (Å²) in [6.07, 6.45) is 1.19. The Balaban J connectivity index is 1.65. The van der Waals surface area contributed by atoms with Crippen molar-refractivity contribution in [2.75, 3.05) is 18.6 Å². The molecule has 0 aliphatic carbocycles. The highest BCUT2D eigenvalue weighted by molar-refractivity contribution is 7.99. The van der Waals surface area contributed by atoms with Gasteiger partial charge in [0.05, 0.1) is 7.11 Å². The molecule has 4 heteroatoms. The second-order valence-corrected chi connectivity index (χ2v) is 6.34. The molecule has 110 valence electrons. The highest BCUT2D eigenvalue weighted by Gasteiger charge is 2.23. The van der Waals surface area contributed by atoms with E-state index in [9.17, 15) is 0 Å². The Labute approximate surface area is 129 Å². The molecule has 0 aromatic heterocycles. The molecule has 1 heterocycles. The van der Waals surface area contributed by atoms with Gasteiger partial charge in [0.15, 0.2) is 0 Å². The molecule has 0 saturated heterocycles. The number of hydrogen-bond acceptors (Lipinski definition) is 4. The molecule has 0 radical (unpaired) electrons. The Morgan fingerprint density at radius 3 is 2.95 bits per heavy atom. The molecule has 21 heavy (non-hydrogen) atoms. The van der Waals surface area contributed by atoms with Crippen LogP contribution in [0.3, 0.4) is 0 Å². The lowest BCUT2D eigenvalue weighted by atomic mass is 10.1.